The molecule has 1 N–H and O–H groups in total. The van der Waals surface area contributed by atoms with Crippen LogP contribution in [-0.4, -0.2) is 26.7 Å². The number of aliphatic imine (C=N–C) groups is 1. The van der Waals surface area contributed by atoms with Gasteiger partial charge in [0.05, 0.1) is 16.3 Å². The van der Waals surface area contributed by atoms with Crippen LogP contribution >= 0.6 is 11.8 Å². The zero-order chi connectivity index (χ0) is 22.8. The number of aliphatic carboxylic acids is 1. The first-order valence-corrected chi connectivity index (χ1v) is 11.1. The van der Waals surface area contributed by atoms with Crippen molar-refractivity contribution >= 4 is 57.2 Å². The Morgan fingerprint density at radius 3 is 2.33 bits per heavy atom. The third kappa shape index (κ3) is 4.18. The first-order valence-electron chi connectivity index (χ1n) is 10.3. The van der Waals surface area contributed by atoms with E-state index >= 15 is 0 Å². The summed E-state index contributed by atoms with van der Waals surface area (Å²) in [5.74, 6) is -1.09. The Morgan fingerprint density at radius 1 is 0.939 bits per heavy atom. The van der Waals surface area contributed by atoms with E-state index in [9.17, 15) is 14.7 Å². The molecule has 1 fully saturated rings. The number of carboxylic acid groups (broad SMARTS) is 1. The largest absolute Gasteiger partial charge is 0.480 e. The number of carboxylic acids is 1. The summed E-state index contributed by atoms with van der Waals surface area (Å²) in [6, 6.07) is 26.5. The maximum Gasteiger partial charge on any atom is 0.323 e. The molecule has 4 aromatic rings. The number of anilines is 1. The number of carbonyl (C=O) groups excluding carboxylic acids is 1. The minimum Gasteiger partial charge on any atom is -0.480 e. The summed E-state index contributed by atoms with van der Waals surface area (Å²) in [5.41, 5.74) is 3.09. The van der Waals surface area contributed by atoms with E-state index in [0.717, 1.165) is 27.8 Å². The molecule has 0 bridgehead atoms. The topological polar surface area (TPSA) is 74.9 Å². The summed E-state index contributed by atoms with van der Waals surface area (Å²) in [7, 11) is 0. The molecule has 3 aromatic carbocycles. The van der Waals surface area contributed by atoms with Gasteiger partial charge in [-0.25, -0.2) is 4.99 Å². The molecule has 1 amide bonds. The van der Waals surface area contributed by atoms with Crippen molar-refractivity contribution < 1.29 is 14.7 Å². The summed E-state index contributed by atoms with van der Waals surface area (Å²) in [6.45, 7) is -0.151. The van der Waals surface area contributed by atoms with E-state index in [1.165, 1.54) is 11.8 Å². The molecule has 6 nitrogen and oxygen atoms in total. The number of benzene rings is 3. The van der Waals surface area contributed by atoms with Gasteiger partial charge in [0.15, 0.2) is 5.17 Å². The molecule has 162 valence electrons. The van der Waals surface area contributed by atoms with Crippen molar-refractivity contribution in [2.75, 3.05) is 4.90 Å². The Morgan fingerprint density at radius 2 is 1.61 bits per heavy atom. The van der Waals surface area contributed by atoms with Gasteiger partial charge in [0.25, 0.3) is 5.91 Å². The van der Waals surface area contributed by atoms with Crippen molar-refractivity contribution in [1.29, 1.82) is 0 Å². The van der Waals surface area contributed by atoms with Crippen LogP contribution in [0.1, 0.15) is 5.56 Å². The van der Waals surface area contributed by atoms with Crippen LogP contribution in [0, 0.1) is 0 Å². The number of fused-ring (bicyclic) bond motifs is 1. The van der Waals surface area contributed by atoms with E-state index in [-0.39, 0.29) is 12.5 Å². The van der Waals surface area contributed by atoms with Gasteiger partial charge in [-0.05, 0) is 48.2 Å². The number of hydrogen-bond acceptors (Lipinski definition) is 4. The summed E-state index contributed by atoms with van der Waals surface area (Å²) in [5, 5.41) is 10.7. The summed E-state index contributed by atoms with van der Waals surface area (Å²) in [4.78, 5) is 31.7. The number of para-hydroxylation sites is 3. The van der Waals surface area contributed by atoms with Gasteiger partial charge in [-0.2, -0.15) is 0 Å². The first kappa shape index (κ1) is 20.8. The number of carbonyl (C=O) groups is 2. The van der Waals surface area contributed by atoms with E-state index in [4.69, 9.17) is 4.99 Å². The second kappa shape index (κ2) is 8.80. The summed E-state index contributed by atoms with van der Waals surface area (Å²) in [6.07, 6.45) is 3.59. The number of amidine groups is 1. The van der Waals surface area contributed by atoms with Crippen molar-refractivity contribution in [3.8, 4) is 0 Å². The van der Waals surface area contributed by atoms with E-state index in [2.05, 4.69) is 0 Å². The van der Waals surface area contributed by atoms with Gasteiger partial charge in [-0.15, -0.1) is 0 Å². The molecule has 0 atom stereocenters. The normalized spacial score (nSPS) is 16.2. The predicted octanol–water partition coefficient (Wildman–Crippen LogP) is 5.53. The molecule has 0 radical (unpaired) electrons. The van der Waals surface area contributed by atoms with Gasteiger partial charge in [-0.3, -0.25) is 14.5 Å². The van der Waals surface area contributed by atoms with E-state index in [0.29, 0.717) is 10.1 Å². The van der Waals surface area contributed by atoms with Crippen LogP contribution in [0.5, 0.6) is 0 Å². The number of thioether (sulfide) groups is 1. The fraction of sp³-hybridized carbons (Fsp3) is 0.0385. The van der Waals surface area contributed by atoms with Crippen molar-refractivity contribution in [2.24, 2.45) is 4.99 Å². The fourth-order valence-electron chi connectivity index (χ4n) is 3.77. The van der Waals surface area contributed by atoms with Gasteiger partial charge in [0.1, 0.15) is 6.54 Å². The molecule has 0 saturated carbocycles. The van der Waals surface area contributed by atoms with E-state index in [1.54, 1.807) is 15.7 Å². The molecule has 1 aliphatic heterocycles. The van der Waals surface area contributed by atoms with Gasteiger partial charge < -0.3 is 9.67 Å². The van der Waals surface area contributed by atoms with Gasteiger partial charge in [-0.1, -0.05) is 54.6 Å². The Labute approximate surface area is 194 Å². The first-order chi connectivity index (χ1) is 16.1. The van der Waals surface area contributed by atoms with Crippen molar-refractivity contribution in [3.63, 3.8) is 0 Å². The molecule has 1 saturated heterocycles. The molecule has 33 heavy (non-hydrogen) atoms. The highest BCUT2D eigenvalue weighted by Crippen LogP contribution is 2.38. The van der Waals surface area contributed by atoms with E-state index in [1.807, 2.05) is 91.0 Å². The average molecular weight is 454 g/mol. The number of rotatable bonds is 5. The number of nitrogens with zero attached hydrogens (tertiary/aromatic N) is 3. The maximum absolute atomic E-state index is 13.5. The predicted molar refractivity (Wildman–Crippen MR) is 133 cm³/mol. The SMILES string of the molecule is O=C(O)Cn1cc(/C=C2\SC(=Nc3ccccc3)N(c3ccccc3)C2=O)c2ccccc21. The molecule has 1 aromatic heterocycles. The van der Waals surface area contributed by atoms with Crippen molar-refractivity contribution in [2.45, 2.75) is 6.54 Å². The van der Waals surface area contributed by atoms with Crippen LogP contribution in [-0.2, 0) is 16.1 Å². The molecule has 2 heterocycles. The molecular weight excluding hydrogens is 434 g/mol. The zero-order valence-electron chi connectivity index (χ0n) is 17.5. The number of aromatic nitrogens is 1. The summed E-state index contributed by atoms with van der Waals surface area (Å²) >= 11 is 1.31. The molecule has 1 aliphatic rings. The lowest BCUT2D eigenvalue weighted by Gasteiger charge is -2.15. The Hall–Kier alpha value is -4.10. The second-order valence-electron chi connectivity index (χ2n) is 7.44. The van der Waals surface area contributed by atoms with Crippen LogP contribution in [0.25, 0.3) is 17.0 Å². The van der Waals surface area contributed by atoms with Gasteiger partial charge >= 0.3 is 5.97 Å². The van der Waals surface area contributed by atoms with Crippen LogP contribution in [0.2, 0.25) is 0 Å². The fourth-order valence-corrected chi connectivity index (χ4v) is 4.77. The molecule has 0 aliphatic carbocycles. The Kier molecular flexibility index (Phi) is 5.54. The lowest BCUT2D eigenvalue weighted by atomic mass is 10.1. The van der Waals surface area contributed by atoms with Crippen LogP contribution in [0.15, 0.2) is 101 Å². The molecular formula is C26H19N3O3S. The standard InChI is InChI=1S/C26H19N3O3S/c30-24(31)17-28-16-18(21-13-7-8-14-22(21)28)15-23-25(32)29(20-11-5-2-6-12-20)26(33-23)27-19-9-3-1-4-10-19/h1-16H,17H2,(H,30,31)/b23-15-,27-26?. The number of amides is 1. The third-order valence-corrected chi connectivity index (χ3v) is 6.18. The molecule has 0 unspecified atom stereocenters. The monoisotopic (exact) mass is 453 g/mol. The molecule has 0 spiro atoms. The van der Waals surface area contributed by atoms with Crippen LogP contribution in [0.3, 0.4) is 0 Å². The minimum atomic E-state index is -0.922. The maximum atomic E-state index is 13.5. The summed E-state index contributed by atoms with van der Waals surface area (Å²) < 4.78 is 1.68. The minimum absolute atomic E-state index is 0.151. The highest BCUT2D eigenvalue weighted by Gasteiger charge is 2.35. The Balaban J connectivity index is 1.60. The molecule has 5 rings (SSSR count). The smallest absolute Gasteiger partial charge is 0.323 e. The van der Waals surface area contributed by atoms with Gasteiger partial charge in [0, 0.05) is 22.7 Å². The third-order valence-electron chi connectivity index (χ3n) is 5.21. The van der Waals surface area contributed by atoms with Crippen LogP contribution in [0.4, 0.5) is 11.4 Å². The number of hydrogen-bond donors (Lipinski definition) is 1. The van der Waals surface area contributed by atoms with Gasteiger partial charge in [0.2, 0.25) is 0 Å². The lowest BCUT2D eigenvalue weighted by molar-refractivity contribution is -0.137. The highest BCUT2D eigenvalue weighted by atomic mass is 32.2. The average Bonchev–Trinajstić information content (AvgIpc) is 3.32. The van der Waals surface area contributed by atoms with Crippen molar-refractivity contribution in [3.05, 3.63) is 102 Å². The molecule has 7 heteroatoms. The quantitative estimate of drug-likeness (QED) is 0.403. The Bertz CT molecular complexity index is 1410. The zero-order valence-corrected chi connectivity index (χ0v) is 18.3. The lowest BCUT2D eigenvalue weighted by Crippen LogP contribution is -2.28. The van der Waals surface area contributed by atoms with Crippen LogP contribution < -0.4 is 4.90 Å². The van der Waals surface area contributed by atoms with E-state index < -0.39 is 5.97 Å². The van der Waals surface area contributed by atoms with Crippen molar-refractivity contribution in [1.82, 2.24) is 4.57 Å². The second-order valence-corrected chi connectivity index (χ2v) is 8.45. The highest BCUT2D eigenvalue weighted by molar-refractivity contribution is 8.19.